The van der Waals surface area contributed by atoms with Crippen LogP contribution in [0.25, 0.3) is 0 Å². The van der Waals surface area contributed by atoms with Crippen LogP contribution in [0, 0.1) is 0 Å². The average molecular weight is 349 g/mol. The van der Waals surface area contributed by atoms with Crippen LogP contribution in [0.4, 0.5) is 0 Å². The summed E-state index contributed by atoms with van der Waals surface area (Å²) in [6.07, 6.45) is 2.16. The van der Waals surface area contributed by atoms with Gasteiger partial charge in [0.15, 0.2) is 0 Å². The number of fused-ring (bicyclic) bond motifs is 1. The van der Waals surface area contributed by atoms with Crippen molar-refractivity contribution in [3.05, 3.63) is 33.4 Å². The van der Waals surface area contributed by atoms with E-state index < -0.39 is 10.0 Å². The monoisotopic (exact) mass is 348 g/mol. The second-order valence-corrected chi connectivity index (χ2v) is 8.55. The predicted molar refractivity (Wildman–Crippen MR) is 69.8 cm³/mol. The Labute approximate surface area is 117 Å². The van der Waals surface area contributed by atoms with Crippen molar-refractivity contribution in [3.63, 3.8) is 0 Å². The molecular weight excluding hydrogens is 340 g/mol. The first-order chi connectivity index (χ1) is 8.57. The molecule has 8 heteroatoms. The molecule has 2 aromatic heterocycles. The molecule has 0 spiro atoms. The van der Waals surface area contributed by atoms with Crippen LogP contribution in [-0.4, -0.2) is 24.4 Å². The summed E-state index contributed by atoms with van der Waals surface area (Å²) >= 11 is 4.50. The molecule has 3 rings (SSSR count). The van der Waals surface area contributed by atoms with E-state index in [0.717, 1.165) is 15.1 Å². The molecule has 0 aromatic carbocycles. The molecule has 0 N–H and O–H groups in total. The van der Waals surface area contributed by atoms with Gasteiger partial charge in [0.1, 0.15) is 9.97 Å². The summed E-state index contributed by atoms with van der Waals surface area (Å²) in [6, 6.07) is 3.36. The molecule has 1 aliphatic heterocycles. The average Bonchev–Trinajstić information content (AvgIpc) is 2.96. The Morgan fingerprint density at radius 2 is 2.28 bits per heavy atom. The van der Waals surface area contributed by atoms with Gasteiger partial charge >= 0.3 is 0 Å². The molecule has 0 fully saturated rings. The van der Waals surface area contributed by atoms with Gasteiger partial charge in [0.25, 0.3) is 10.0 Å². The minimum atomic E-state index is -3.41. The summed E-state index contributed by atoms with van der Waals surface area (Å²) in [5, 5.41) is 3.70. The predicted octanol–water partition coefficient (Wildman–Crippen LogP) is 2.25. The zero-order chi connectivity index (χ0) is 12.8. The maximum atomic E-state index is 12.4. The summed E-state index contributed by atoms with van der Waals surface area (Å²) in [6.45, 7) is 0.761. The highest BCUT2D eigenvalue weighted by molar-refractivity contribution is 9.11. The second kappa shape index (κ2) is 4.44. The Morgan fingerprint density at radius 1 is 1.44 bits per heavy atom. The number of hydrogen-bond donors (Lipinski definition) is 0. The van der Waals surface area contributed by atoms with E-state index in [4.69, 9.17) is 4.52 Å². The molecular formula is C10H9BrN2O3S2. The van der Waals surface area contributed by atoms with E-state index >= 15 is 0 Å². The molecule has 0 saturated heterocycles. The second-order valence-electron chi connectivity index (χ2n) is 3.92. The van der Waals surface area contributed by atoms with Crippen molar-refractivity contribution in [1.82, 2.24) is 9.46 Å². The normalized spacial score (nSPS) is 16.7. The minimum absolute atomic E-state index is 0.330. The van der Waals surface area contributed by atoms with Crippen molar-refractivity contribution in [2.45, 2.75) is 17.2 Å². The summed E-state index contributed by atoms with van der Waals surface area (Å²) in [4.78, 5) is 0. The Kier molecular flexibility index (Phi) is 3.05. The third-order valence-electron chi connectivity index (χ3n) is 2.81. The Bertz CT molecular complexity index is 677. The first kappa shape index (κ1) is 12.3. The molecule has 0 amide bonds. The number of halogens is 1. The van der Waals surface area contributed by atoms with Crippen LogP contribution in [0.5, 0.6) is 0 Å². The van der Waals surface area contributed by atoms with E-state index in [2.05, 4.69) is 21.1 Å². The molecule has 18 heavy (non-hydrogen) atoms. The topological polar surface area (TPSA) is 63.4 Å². The van der Waals surface area contributed by atoms with E-state index in [0.29, 0.717) is 23.7 Å². The molecule has 2 aromatic rings. The van der Waals surface area contributed by atoms with E-state index in [-0.39, 0.29) is 0 Å². The fraction of sp³-hybridized carbons (Fsp3) is 0.300. The third-order valence-corrected chi connectivity index (χ3v) is 6.74. The van der Waals surface area contributed by atoms with Crippen molar-refractivity contribution >= 4 is 37.3 Å². The number of thiophene rings is 1. The van der Waals surface area contributed by atoms with Crippen LogP contribution in [0.1, 0.15) is 11.3 Å². The van der Waals surface area contributed by atoms with Gasteiger partial charge in [-0.25, -0.2) is 8.42 Å². The molecule has 0 saturated carbocycles. The van der Waals surface area contributed by atoms with Crippen LogP contribution in [0.15, 0.2) is 30.8 Å². The fourth-order valence-electron chi connectivity index (χ4n) is 1.88. The van der Waals surface area contributed by atoms with Gasteiger partial charge in [0.2, 0.25) is 0 Å². The zero-order valence-electron chi connectivity index (χ0n) is 9.17. The summed E-state index contributed by atoms with van der Waals surface area (Å²) in [7, 11) is -3.41. The number of rotatable bonds is 2. The lowest BCUT2D eigenvalue weighted by atomic mass is 10.1. The van der Waals surface area contributed by atoms with Gasteiger partial charge in [-0.1, -0.05) is 5.16 Å². The van der Waals surface area contributed by atoms with Crippen molar-refractivity contribution in [2.75, 3.05) is 6.54 Å². The quantitative estimate of drug-likeness (QED) is 0.834. The molecule has 0 aliphatic carbocycles. The largest absolute Gasteiger partial charge is 0.361 e. The summed E-state index contributed by atoms with van der Waals surface area (Å²) in [5.74, 6) is 0.786. The molecule has 3 heterocycles. The van der Waals surface area contributed by atoms with Crippen LogP contribution in [0.2, 0.25) is 0 Å². The standard InChI is InChI=1S/C10H9BrN2O3S2/c11-9-1-2-10(17-9)18(14,15)13-4-3-8-7(6-13)5-12-16-8/h1-2,5H,3-4,6H2. The van der Waals surface area contributed by atoms with Crippen LogP contribution < -0.4 is 0 Å². The molecule has 0 unspecified atom stereocenters. The van der Waals surface area contributed by atoms with Crippen molar-refractivity contribution in [3.8, 4) is 0 Å². The Hall–Kier alpha value is -0.700. The van der Waals surface area contributed by atoms with Gasteiger partial charge in [0, 0.05) is 25.1 Å². The molecule has 96 valence electrons. The van der Waals surface area contributed by atoms with Gasteiger partial charge < -0.3 is 4.52 Å². The van der Waals surface area contributed by atoms with Gasteiger partial charge in [-0.2, -0.15) is 4.31 Å². The van der Waals surface area contributed by atoms with Gasteiger partial charge in [-0.3, -0.25) is 0 Å². The first-order valence-corrected chi connectivity index (χ1v) is 8.30. The summed E-state index contributed by atoms with van der Waals surface area (Å²) < 4.78 is 32.5. The van der Waals surface area contributed by atoms with Crippen molar-refractivity contribution < 1.29 is 12.9 Å². The lowest BCUT2D eigenvalue weighted by Crippen LogP contribution is -2.35. The van der Waals surface area contributed by atoms with E-state index in [1.54, 1.807) is 18.3 Å². The minimum Gasteiger partial charge on any atom is -0.361 e. The number of hydrogen-bond acceptors (Lipinski definition) is 5. The fourth-order valence-corrected chi connectivity index (χ4v) is 5.47. The van der Waals surface area contributed by atoms with E-state index in [1.807, 2.05) is 0 Å². The molecule has 0 bridgehead atoms. The highest BCUT2D eigenvalue weighted by Crippen LogP contribution is 2.31. The van der Waals surface area contributed by atoms with Crippen molar-refractivity contribution in [2.24, 2.45) is 0 Å². The molecule has 0 atom stereocenters. The van der Waals surface area contributed by atoms with E-state index in [1.165, 1.54) is 15.6 Å². The number of sulfonamides is 1. The highest BCUT2D eigenvalue weighted by atomic mass is 79.9. The zero-order valence-corrected chi connectivity index (χ0v) is 12.4. The van der Waals surface area contributed by atoms with Gasteiger partial charge in [0.05, 0.1) is 9.98 Å². The van der Waals surface area contributed by atoms with E-state index in [9.17, 15) is 8.42 Å². The SMILES string of the molecule is O=S(=O)(c1ccc(Br)s1)N1CCc2oncc2C1. The van der Waals surface area contributed by atoms with Crippen LogP contribution in [0.3, 0.4) is 0 Å². The van der Waals surface area contributed by atoms with Crippen LogP contribution >= 0.6 is 27.3 Å². The Morgan fingerprint density at radius 3 is 3.00 bits per heavy atom. The lowest BCUT2D eigenvalue weighted by molar-refractivity contribution is 0.331. The maximum Gasteiger partial charge on any atom is 0.252 e. The number of aromatic nitrogens is 1. The lowest BCUT2D eigenvalue weighted by Gasteiger charge is -2.24. The smallest absolute Gasteiger partial charge is 0.252 e. The molecule has 5 nitrogen and oxygen atoms in total. The molecule has 0 radical (unpaired) electrons. The highest BCUT2D eigenvalue weighted by Gasteiger charge is 2.31. The first-order valence-electron chi connectivity index (χ1n) is 5.25. The van der Waals surface area contributed by atoms with Gasteiger partial charge in [-0.05, 0) is 28.1 Å². The Balaban J connectivity index is 1.92. The third kappa shape index (κ3) is 2.03. The maximum absolute atomic E-state index is 12.4. The van der Waals surface area contributed by atoms with Crippen LogP contribution in [-0.2, 0) is 23.0 Å². The van der Waals surface area contributed by atoms with Gasteiger partial charge in [-0.15, -0.1) is 11.3 Å². The number of nitrogens with zero attached hydrogens (tertiary/aromatic N) is 2. The molecule has 1 aliphatic rings. The van der Waals surface area contributed by atoms with Crippen molar-refractivity contribution in [1.29, 1.82) is 0 Å². The summed E-state index contributed by atoms with van der Waals surface area (Å²) in [5.41, 5.74) is 0.848.